The number of hydrogen-bond donors (Lipinski definition) is 1. The first-order valence-corrected chi connectivity index (χ1v) is 3.63. The molecule has 0 fully saturated rings. The lowest BCUT2D eigenvalue weighted by Crippen LogP contribution is -2.04. The molecular formula is C9H10N2O. The molecule has 0 aromatic heterocycles. The summed E-state index contributed by atoms with van der Waals surface area (Å²) in [6.45, 7) is 0. The molecule has 1 aromatic carbocycles. The molecule has 0 amide bonds. The lowest BCUT2D eigenvalue weighted by Gasteiger charge is -1.94. The molecule has 62 valence electrons. The second-order valence-electron chi connectivity index (χ2n) is 2.41. The predicted molar refractivity (Wildman–Crippen MR) is 47.8 cm³/mol. The number of ketones is 1. The molecule has 0 aliphatic rings. The summed E-state index contributed by atoms with van der Waals surface area (Å²) in [4.78, 5) is 11.0. The number of nitrogens with zero attached hydrogens (tertiary/aromatic N) is 1. The van der Waals surface area contributed by atoms with Crippen molar-refractivity contribution in [2.45, 2.75) is 6.42 Å². The zero-order valence-corrected chi connectivity index (χ0v) is 6.60. The molecule has 1 rings (SSSR count). The quantitative estimate of drug-likeness (QED) is 0.405. The molecule has 3 nitrogen and oxygen atoms in total. The van der Waals surface area contributed by atoms with Crippen LogP contribution in [-0.2, 0) is 11.2 Å². The van der Waals surface area contributed by atoms with Gasteiger partial charge in [0.2, 0.25) is 0 Å². The Morgan fingerprint density at radius 1 is 1.42 bits per heavy atom. The molecule has 0 unspecified atom stereocenters. The van der Waals surface area contributed by atoms with Crippen LogP contribution in [0.15, 0.2) is 35.4 Å². The van der Waals surface area contributed by atoms with Crippen molar-refractivity contribution in [2.24, 2.45) is 10.9 Å². The Morgan fingerprint density at radius 3 is 2.67 bits per heavy atom. The zero-order valence-electron chi connectivity index (χ0n) is 6.60. The normalized spacial score (nSPS) is 10.3. The van der Waals surface area contributed by atoms with E-state index < -0.39 is 0 Å². The van der Waals surface area contributed by atoms with Gasteiger partial charge in [0, 0.05) is 6.42 Å². The van der Waals surface area contributed by atoms with Crippen molar-refractivity contribution in [1.82, 2.24) is 0 Å². The van der Waals surface area contributed by atoms with Crippen LogP contribution < -0.4 is 5.84 Å². The molecule has 2 N–H and O–H groups in total. The Morgan fingerprint density at radius 2 is 2.08 bits per heavy atom. The van der Waals surface area contributed by atoms with E-state index in [9.17, 15) is 4.79 Å². The van der Waals surface area contributed by atoms with Gasteiger partial charge in [-0.05, 0) is 5.56 Å². The molecule has 0 radical (unpaired) electrons. The lowest BCUT2D eigenvalue weighted by atomic mass is 10.1. The molecular weight excluding hydrogens is 152 g/mol. The molecule has 1 aromatic rings. The average molecular weight is 162 g/mol. The van der Waals surface area contributed by atoms with Gasteiger partial charge in [0.15, 0.2) is 5.78 Å². The zero-order chi connectivity index (χ0) is 8.81. The first-order chi connectivity index (χ1) is 5.83. The maximum Gasteiger partial charge on any atom is 0.179 e. The molecule has 0 atom stereocenters. The van der Waals surface area contributed by atoms with Crippen molar-refractivity contribution in [3.05, 3.63) is 35.9 Å². The van der Waals surface area contributed by atoms with Crippen molar-refractivity contribution in [2.75, 3.05) is 0 Å². The number of hydrazone groups is 1. The van der Waals surface area contributed by atoms with Gasteiger partial charge >= 0.3 is 0 Å². The fourth-order valence-electron chi connectivity index (χ4n) is 0.926. The van der Waals surface area contributed by atoms with Gasteiger partial charge in [0.05, 0.1) is 6.21 Å². The summed E-state index contributed by atoms with van der Waals surface area (Å²) in [5.74, 6) is 4.75. The van der Waals surface area contributed by atoms with E-state index in [-0.39, 0.29) is 5.78 Å². The maximum atomic E-state index is 11.0. The summed E-state index contributed by atoms with van der Waals surface area (Å²) < 4.78 is 0. The van der Waals surface area contributed by atoms with Crippen LogP contribution >= 0.6 is 0 Å². The molecule has 0 aliphatic heterocycles. The summed E-state index contributed by atoms with van der Waals surface area (Å²) in [6.07, 6.45) is 1.49. The Hall–Kier alpha value is -1.64. The fraction of sp³-hybridized carbons (Fsp3) is 0.111. The van der Waals surface area contributed by atoms with Crippen LogP contribution in [0.2, 0.25) is 0 Å². The minimum absolute atomic E-state index is 0.0799. The second kappa shape index (κ2) is 4.28. The summed E-state index contributed by atoms with van der Waals surface area (Å²) in [7, 11) is 0. The largest absolute Gasteiger partial charge is 0.323 e. The van der Waals surface area contributed by atoms with E-state index in [2.05, 4.69) is 5.10 Å². The number of carbonyl (C=O) groups is 1. The molecule has 3 heteroatoms. The van der Waals surface area contributed by atoms with Crippen molar-refractivity contribution >= 4 is 12.0 Å². The minimum Gasteiger partial charge on any atom is -0.323 e. The summed E-state index contributed by atoms with van der Waals surface area (Å²) in [5, 5.41) is 3.16. The van der Waals surface area contributed by atoms with E-state index in [0.717, 1.165) is 11.8 Å². The van der Waals surface area contributed by atoms with Crippen LogP contribution in [0.3, 0.4) is 0 Å². The standard InChI is InChI=1S/C9H10N2O/c10-11-7-9(12)6-8-4-2-1-3-5-8/h1-5,7H,6,10H2/b11-7+. The highest BCUT2D eigenvalue weighted by molar-refractivity contribution is 6.27. The van der Waals surface area contributed by atoms with Crippen LogP contribution in [-0.4, -0.2) is 12.0 Å². The van der Waals surface area contributed by atoms with Crippen LogP contribution in [0.4, 0.5) is 0 Å². The highest BCUT2D eigenvalue weighted by Crippen LogP contribution is 1.98. The highest BCUT2D eigenvalue weighted by Gasteiger charge is 1.98. The van der Waals surface area contributed by atoms with Crippen molar-refractivity contribution in [3.8, 4) is 0 Å². The lowest BCUT2D eigenvalue weighted by molar-refractivity contribution is -0.112. The first kappa shape index (κ1) is 8.46. The van der Waals surface area contributed by atoms with Crippen molar-refractivity contribution in [1.29, 1.82) is 0 Å². The third-order valence-corrected chi connectivity index (χ3v) is 1.44. The highest BCUT2D eigenvalue weighted by atomic mass is 16.1. The molecule has 12 heavy (non-hydrogen) atoms. The maximum absolute atomic E-state index is 11.0. The molecule has 0 bridgehead atoms. The van der Waals surface area contributed by atoms with Gasteiger partial charge in [-0.1, -0.05) is 30.3 Å². The number of hydrogen-bond acceptors (Lipinski definition) is 3. The van der Waals surface area contributed by atoms with E-state index in [1.807, 2.05) is 30.3 Å². The number of carbonyl (C=O) groups excluding carboxylic acids is 1. The molecule has 0 spiro atoms. The van der Waals surface area contributed by atoms with Crippen LogP contribution in [0, 0.1) is 0 Å². The summed E-state index contributed by atoms with van der Waals surface area (Å²) >= 11 is 0. The minimum atomic E-state index is -0.0799. The SMILES string of the molecule is N/N=C/C(=O)Cc1ccccc1. The number of rotatable bonds is 3. The summed E-state index contributed by atoms with van der Waals surface area (Å²) in [6, 6.07) is 9.47. The van der Waals surface area contributed by atoms with Crippen LogP contribution in [0.5, 0.6) is 0 Å². The molecule has 0 saturated carbocycles. The van der Waals surface area contributed by atoms with Gasteiger partial charge in [-0.25, -0.2) is 0 Å². The molecule has 0 aliphatic carbocycles. The van der Waals surface area contributed by atoms with Crippen LogP contribution in [0.1, 0.15) is 5.56 Å². The van der Waals surface area contributed by atoms with Crippen molar-refractivity contribution in [3.63, 3.8) is 0 Å². The third kappa shape index (κ3) is 2.54. The fourth-order valence-corrected chi connectivity index (χ4v) is 0.926. The first-order valence-electron chi connectivity index (χ1n) is 3.63. The van der Waals surface area contributed by atoms with Crippen molar-refractivity contribution < 1.29 is 4.79 Å². The Kier molecular flexibility index (Phi) is 3.02. The molecule has 0 saturated heterocycles. The van der Waals surface area contributed by atoms with Gasteiger partial charge in [-0.3, -0.25) is 4.79 Å². The van der Waals surface area contributed by atoms with E-state index in [1.54, 1.807) is 0 Å². The predicted octanol–water partition coefficient (Wildman–Crippen LogP) is 0.743. The van der Waals surface area contributed by atoms with Gasteiger partial charge in [-0.2, -0.15) is 5.10 Å². The van der Waals surface area contributed by atoms with Gasteiger partial charge in [0.25, 0.3) is 0 Å². The van der Waals surface area contributed by atoms with E-state index in [4.69, 9.17) is 5.84 Å². The Balaban J connectivity index is 2.59. The average Bonchev–Trinajstić information content (AvgIpc) is 2.06. The Labute approximate surface area is 70.9 Å². The second-order valence-corrected chi connectivity index (χ2v) is 2.41. The van der Waals surface area contributed by atoms with E-state index in [0.29, 0.717) is 6.42 Å². The number of benzene rings is 1. The van der Waals surface area contributed by atoms with Crippen LogP contribution in [0.25, 0.3) is 0 Å². The van der Waals surface area contributed by atoms with Gasteiger partial charge in [0.1, 0.15) is 0 Å². The topological polar surface area (TPSA) is 55.4 Å². The smallest absolute Gasteiger partial charge is 0.179 e. The molecule has 0 heterocycles. The summed E-state index contributed by atoms with van der Waals surface area (Å²) in [5.41, 5.74) is 0.974. The number of Topliss-reactive ketones (excluding diaryl/α,β-unsaturated/α-hetero) is 1. The Bertz CT molecular complexity index is 280. The third-order valence-electron chi connectivity index (χ3n) is 1.44. The van der Waals surface area contributed by atoms with Gasteiger partial charge < -0.3 is 5.84 Å². The monoisotopic (exact) mass is 162 g/mol. The van der Waals surface area contributed by atoms with E-state index in [1.165, 1.54) is 0 Å². The van der Waals surface area contributed by atoms with E-state index >= 15 is 0 Å². The van der Waals surface area contributed by atoms with Gasteiger partial charge in [-0.15, -0.1) is 0 Å². The number of nitrogens with two attached hydrogens (primary N) is 1.